The van der Waals surface area contributed by atoms with Crippen LogP contribution in [0.2, 0.25) is 5.02 Å². The van der Waals surface area contributed by atoms with Crippen LogP contribution in [0, 0.1) is 0 Å². The molecule has 0 unspecified atom stereocenters. The van der Waals surface area contributed by atoms with Crippen LogP contribution >= 0.6 is 23.8 Å². The van der Waals surface area contributed by atoms with Gasteiger partial charge < -0.3 is 20.7 Å². The monoisotopic (exact) mass is 439 g/mol. The zero-order chi connectivity index (χ0) is 21.3. The third-order valence-electron chi connectivity index (χ3n) is 3.87. The summed E-state index contributed by atoms with van der Waals surface area (Å²) in [6, 6.07) is 22.7. The zero-order valence-electron chi connectivity index (χ0n) is 15.7. The lowest BCUT2D eigenvalue weighted by Gasteiger charge is -2.11. The number of rotatable bonds is 6. The molecule has 0 aliphatic rings. The van der Waals surface area contributed by atoms with E-state index in [0.29, 0.717) is 27.1 Å². The maximum atomic E-state index is 12.1. The third kappa shape index (κ3) is 6.58. The molecule has 8 heteroatoms. The first-order valence-electron chi connectivity index (χ1n) is 8.95. The number of benzene rings is 3. The number of halogens is 1. The highest BCUT2D eigenvalue weighted by Crippen LogP contribution is 2.14. The molecule has 0 aromatic heterocycles. The second-order valence-electron chi connectivity index (χ2n) is 6.15. The predicted molar refractivity (Wildman–Crippen MR) is 123 cm³/mol. The second kappa shape index (κ2) is 10.4. The van der Waals surface area contributed by atoms with E-state index in [1.807, 2.05) is 30.3 Å². The first kappa shape index (κ1) is 21.3. The second-order valence-corrected chi connectivity index (χ2v) is 7.00. The SMILES string of the molecule is O=C(COC(=O)c1ccc(NC(=S)Nc2ccccc2)cc1)Nc1ccc(Cl)cc1. The number of hydrogen-bond acceptors (Lipinski definition) is 4. The van der Waals surface area contributed by atoms with E-state index in [1.54, 1.807) is 48.5 Å². The van der Waals surface area contributed by atoms with Gasteiger partial charge in [0.15, 0.2) is 11.7 Å². The molecule has 0 aliphatic carbocycles. The van der Waals surface area contributed by atoms with Crippen molar-refractivity contribution in [3.63, 3.8) is 0 Å². The molecule has 0 aliphatic heterocycles. The van der Waals surface area contributed by atoms with Gasteiger partial charge in [-0.3, -0.25) is 4.79 Å². The first-order valence-corrected chi connectivity index (χ1v) is 9.74. The fourth-order valence-electron chi connectivity index (χ4n) is 2.45. The van der Waals surface area contributed by atoms with Crippen LogP contribution in [0.25, 0.3) is 0 Å². The summed E-state index contributed by atoms with van der Waals surface area (Å²) >= 11 is 11.1. The molecule has 0 atom stereocenters. The normalized spacial score (nSPS) is 10.0. The van der Waals surface area contributed by atoms with E-state index < -0.39 is 18.5 Å². The van der Waals surface area contributed by atoms with E-state index >= 15 is 0 Å². The van der Waals surface area contributed by atoms with Gasteiger partial charge in [-0.15, -0.1) is 0 Å². The maximum Gasteiger partial charge on any atom is 0.338 e. The van der Waals surface area contributed by atoms with E-state index in [4.69, 9.17) is 28.6 Å². The van der Waals surface area contributed by atoms with Gasteiger partial charge in [0.1, 0.15) is 0 Å². The minimum Gasteiger partial charge on any atom is -0.452 e. The smallest absolute Gasteiger partial charge is 0.338 e. The van der Waals surface area contributed by atoms with Crippen molar-refractivity contribution in [3.05, 3.63) is 89.4 Å². The van der Waals surface area contributed by atoms with Gasteiger partial charge in [-0.1, -0.05) is 29.8 Å². The number of thiocarbonyl (C=S) groups is 1. The number of carbonyl (C=O) groups is 2. The van der Waals surface area contributed by atoms with Gasteiger partial charge in [-0.2, -0.15) is 0 Å². The molecule has 1 amide bonds. The summed E-state index contributed by atoms with van der Waals surface area (Å²) in [6.45, 7) is -0.396. The lowest BCUT2D eigenvalue weighted by Crippen LogP contribution is -2.21. The molecular formula is C22H18ClN3O3S. The molecule has 152 valence electrons. The van der Waals surface area contributed by atoms with E-state index in [-0.39, 0.29) is 0 Å². The van der Waals surface area contributed by atoms with Crippen molar-refractivity contribution in [3.8, 4) is 0 Å². The zero-order valence-corrected chi connectivity index (χ0v) is 17.3. The highest BCUT2D eigenvalue weighted by atomic mass is 35.5. The van der Waals surface area contributed by atoms with Crippen LogP contribution in [-0.4, -0.2) is 23.6 Å². The average molecular weight is 440 g/mol. The number of hydrogen-bond donors (Lipinski definition) is 3. The van der Waals surface area contributed by atoms with Gasteiger partial charge in [0.25, 0.3) is 5.91 Å². The molecule has 30 heavy (non-hydrogen) atoms. The summed E-state index contributed by atoms with van der Waals surface area (Å²) in [4.78, 5) is 24.0. The Morgan fingerprint density at radius 3 is 1.93 bits per heavy atom. The van der Waals surface area contributed by atoms with Crippen LogP contribution in [-0.2, 0) is 9.53 Å². The molecule has 0 bridgehead atoms. The number of esters is 1. The van der Waals surface area contributed by atoms with Crippen molar-refractivity contribution in [2.24, 2.45) is 0 Å². The predicted octanol–water partition coefficient (Wildman–Crippen LogP) is 4.94. The highest BCUT2D eigenvalue weighted by Gasteiger charge is 2.11. The van der Waals surface area contributed by atoms with Crippen molar-refractivity contribution in [1.82, 2.24) is 0 Å². The number of nitrogens with one attached hydrogen (secondary N) is 3. The van der Waals surface area contributed by atoms with E-state index in [0.717, 1.165) is 5.69 Å². The fourth-order valence-corrected chi connectivity index (χ4v) is 2.81. The lowest BCUT2D eigenvalue weighted by molar-refractivity contribution is -0.119. The molecule has 6 nitrogen and oxygen atoms in total. The van der Waals surface area contributed by atoms with Crippen LogP contribution in [0.1, 0.15) is 10.4 Å². The van der Waals surface area contributed by atoms with Crippen LogP contribution in [0.4, 0.5) is 17.1 Å². The molecule has 3 rings (SSSR count). The van der Waals surface area contributed by atoms with Crippen molar-refractivity contribution < 1.29 is 14.3 Å². The Bertz CT molecular complexity index is 1030. The molecule has 0 spiro atoms. The van der Waals surface area contributed by atoms with Gasteiger partial charge in [0, 0.05) is 22.1 Å². The summed E-state index contributed by atoms with van der Waals surface area (Å²) in [6.07, 6.45) is 0. The Balaban J connectivity index is 1.46. The third-order valence-corrected chi connectivity index (χ3v) is 4.33. The quantitative estimate of drug-likeness (QED) is 0.372. The average Bonchev–Trinajstić information content (AvgIpc) is 2.75. The molecule has 3 N–H and O–H groups in total. The van der Waals surface area contributed by atoms with Gasteiger partial charge in [0.2, 0.25) is 0 Å². The number of ether oxygens (including phenoxy) is 1. The summed E-state index contributed by atoms with van der Waals surface area (Å²) in [5.74, 6) is -1.04. The lowest BCUT2D eigenvalue weighted by atomic mass is 10.2. The molecule has 0 radical (unpaired) electrons. The molecular weight excluding hydrogens is 422 g/mol. The van der Waals surface area contributed by atoms with Crippen LogP contribution in [0.5, 0.6) is 0 Å². The van der Waals surface area contributed by atoms with Gasteiger partial charge in [-0.25, -0.2) is 4.79 Å². The van der Waals surface area contributed by atoms with Gasteiger partial charge >= 0.3 is 5.97 Å². The standard InChI is InChI=1S/C22H18ClN3O3S/c23-16-8-12-18(13-9-16)24-20(27)14-29-21(28)15-6-10-19(11-7-15)26-22(30)25-17-4-2-1-3-5-17/h1-13H,14H2,(H,24,27)(H2,25,26,30). The minimum absolute atomic E-state index is 0.321. The Hall–Kier alpha value is -3.42. The highest BCUT2D eigenvalue weighted by molar-refractivity contribution is 7.80. The Kier molecular flexibility index (Phi) is 7.37. The van der Waals surface area contributed by atoms with Crippen molar-refractivity contribution >= 4 is 57.9 Å². The number of carbonyl (C=O) groups excluding carboxylic acids is 2. The molecule has 0 saturated carbocycles. The van der Waals surface area contributed by atoms with Crippen LogP contribution in [0.15, 0.2) is 78.9 Å². The van der Waals surface area contributed by atoms with Crippen LogP contribution < -0.4 is 16.0 Å². The largest absolute Gasteiger partial charge is 0.452 e. The van der Waals surface area contributed by atoms with E-state index in [9.17, 15) is 9.59 Å². The summed E-state index contributed by atoms with van der Waals surface area (Å²) < 4.78 is 5.05. The maximum absolute atomic E-state index is 12.1. The van der Waals surface area contributed by atoms with E-state index in [1.165, 1.54) is 0 Å². The van der Waals surface area contributed by atoms with Crippen LogP contribution in [0.3, 0.4) is 0 Å². The topological polar surface area (TPSA) is 79.5 Å². The Morgan fingerprint density at radius 1 is 0.767 bits per heavy atom. The molecule has 3 aromatic rings. The summed E-state index contributed by atoms with van der Waals surface area (Å²) in [5, 5.41) is 9.70. The number of para-hydroxylation sites is 1. The minimum atomic E-state index is -0.599. The van der Waals surface area contributed by atoms with Crippen molar-refractivity contribution in [1.29, 1.82) is 0 Å². The summed E-state index contributed by atoms with van der Waals surface area (Å²) in [5.41, 5.74) is 2.46. The van der Waals surface area contributed by atoms with Crippen molar-refractivity contribution in [2.45, 2.75) is 0 Å². The fraction of sp³-hybridized carbons (Fsp3) is 0.0455. The summed E-state index contributed by atoms with van der Waals surface area (Å²) in [7, 11) is 0. The number of amides is 1. The molecule has 0 heterocycles. The molecule has 0 saturated heterocycles. The van der Waals surface area contributed by atoms with Gasteiger partial charge in [0.05, 0.1) is 5.56 Å². The molecule has 0 fully saturated rings. The Labute approximate surface area is 184 Å². The first-order chi connectivity index (χ1) is 14.5. The van der Waals surface area contributed by atoms with Gasteiger partial charge in [-0.05, 0) is 72.9 Å². The van der Waals surface area contributed by atoms with E-state index in [2.05, 4.69) is 16.0 Å². The molecule has 3 aromatic carbocycles. The Morgan fingerprint density at radius 2 is 1.30 bits per heavy atom. The van der Waals surface area contributed by atoms with Crippen molar-refractivity contribution in [2.75, 3.05) is 22.6 Å². The number of anilines is 3.